The van der Waals surface area contributed by atoms with Crippen LogP contribution in [0.2, 0.25) is 0 Å². The van der Waals surface area contributed by atoms with Gasteiger partial charge in [-0.25, -0.2) is 4.98 Å². The van der Waals surface area contributed by atoms with Crippen LogP contribution in [0.15, 0.2) is 34.2 Å². The zero-order valence-electron chi connectivity index (χ0n) is 13.7. The standard InChI is InChI=1S/C17H18N4O2S/c1-4-14-13(9-18)16(23)21-17(20-14)24-11(3)15(22)19-12-7-5-10(2)6-8-12/h5-8,11H,4H2,1-3H3,(H,19,22)(H,20,21,23). The molecule has 1 unspecified atom stereocenters. The van der Waals surface area contributed by atoms with Gasteiger partial charge in [-0.1, -0.05) is 36.4 Å². The Morgan fingerprint density at radius 2 is 2.08 bits per heavy atom. The summed E-state index contributed by atoms with van der Waals surface area (Å²) in [5.41, 5.74) is 1.82. The second kappa shape index (κ2) is 7.79. The number of aryl methyl sites for hydroxylation is 2. The summed E-state index contributed by atoms with van der Waals surface area (Å²) >= 11 is 1.15. The van der Waals surface area contributed by atoms with E-state index < -0.39 is 10.8 Å². The van der Waals surface area contributed by atoms with E-state index in [1.165, 1.54) is 0 Å². The molecule has 0 aliphatic heterocycles. The van der Waals surface area contributed by atoms with Gasteiger partial charge in [-0.15, -0.1) is 0 Å². The Labute approximate surface area is 144 Å². The maximum absolute atomic E-state index is 12.3. The number of carbonyl (C=O) groups excluding carboxylic acids is 1. The molecule has 7 heteroatoms. The van der Waals surface area contributed by atoms with E-state index in [1.807, 2.05) is 44.2 Å². The van der Waals surface area contributed by atoms with Crippen LogP contribution in [0.3, 0.4) is 0 Å². The molecule has 0 saturated carbocycles. The summed E-state index contributed by atoms with van der Waals surface area (Å²) in [6, 6.07) is 9.36. The lowest BCUT2D eigenvalue weighted by Crippen LogP contribution is -2.24. The van der Waals surface area contributed by atoms with Gasteiger partial charge in [-0.3, -0.25) is 9.59 Å². The van der Waals surface area contributed by atoms with E-state index in [0.29, 0.717) is 23.0 Å². The Morgan fingerprint density at radius 1 is 1.42 bits per heavy atom. The Balaban J connectivity index is 2.11. The first-order valence-corrected chi connectivity index (χ1v) is 8.40. The number of thioether (sulfide) groups is 1. The number of nitriles is 1. The van der Waals surface area contributed by atoms with E-state index in [2.05, 4.69) is 15.3 Å². The van der Waals surface area contributed by atoms with Crippen molar-refractivity contribution in [2.75, 3.05) is 5.32 Å². The molecule has 1 atom stereocenters. The molecule has 1 heterocycles. The number of carbonyl (C=O) groups is 1. The van der Waals surface area contributed by atoms with E-state index >= 15 is 0 Å². The molecule has 2 rings (SSSR count). The predicted molar refractivity (Wildman–Crippen MR) is 94.1 cm³/mol. The van der Waals surface area contributed by atoms with Crippen molar-refractivity contribution in [3.8, 4) is 6.07 Å². The lowest BCUT2D eigenvalue weighted by molar-refractivity contribution is -0.115. The van der Waals surface area contributed by atoms with Gasteiger partial charge in [-0.05, 0) is 32.4 Å². The number of aromatic nitrogens is 2. The fraction of sp³-hybridized carbons (Fsp3) is 0.294. The summed E-state index contributed by atoms with van der Waals surface area (Å²) in [5, 5.41) is 11.7. The smallest absolute Gasteiger partial charge is 0.269 e. The maximum Gasteiger partial charge on any atom is 0.269 e. The van der Waals surface area contributed by atoms with Crippen LogP contribution in [0.5, 0.6) is 0 Å². The molecule has 0 aliphatic rings. The number of hydrogen-bond acceptors (Lipinski definition) is 5. The van der Waals surface area contributed by atoms with Crippen LogP contribution >= 0.6 is 11.8 Å². The number of nitrogens with zero attached hydrogens (tertiary/aromatic N) is 2. The van der Waals surface area contributed by atoms with E-state index in [9.17, 15) is 9.59 Å². The third kappa shape index (κ3) is 4.24. The molecule has 0 radical (unpaired) electrons. The lowest BCUT2D eigenvalue weighted by atomic mass is 10.2. The van der Waals surface area contributed by atoms with E-state index in [4.69, 9.17) is 5.26 Å². The van der Waals surface area contributed by atoms with Crippen LogP contribution in [0.4, 0.5) is 5.69 Å². The summed E-state index contributed by atoms with van der Waals surface area (Å²) in [6.07, 6.45) is 0.477. The number of benzene rings is 1. The van der Waals surface area contributed by atoms with E-state index in [1.54, 1.807) is 6.92 Å². The third-order valence-electron chi connectivity index (χ3n) is 3.40. The number of amides is 1. The number of nitrogens with one attached hydrogen (secondary N) is 2. The molecule has 0 fully saturated rings. The molecule has 1 amide bonds. The molecule has 1 aromatic carbocycles. The second-order valence-corrected chi connectivity index (χ2v) is 6.60. The SMILES string of the molecule is CCc1nc(SC(C)C(=O)Nc2ccc(C)cc2)[nH]c(=O)c1C#N. The minimum atomic E-state index is -0.474. The predicted octanol–water partition coefficient (Wildman–Crippen LogP) is 2.63. The third-order valence-corrected chi connectivity index (χ3v) is 4.38. The lowest BCUT2D eigenvalue weighted by Gasteiger charge is -2.12. The average molecular weight is 342 g/mol. The zero-order chi connectivity index (χ0) is 17.7. The highest BCUT2D eigenvalue weighted by Crippen LogP contribution is 2.21. The summed E-state index contributed by atoms with van der Waals surface area (Å²) < 4.78 is 0. The number of aromatic amines is 1. The van der Waals surface area contributed by atoms with Crippen molar-refractivity contribution in [1.82, 2.24) is 9.97 Å². The molecular formula is C17H18N4O2S. The van der Waals surface area contributed by atoms with Crippen LogP contribution < -0.4 is 10.9 Å². The van der Waals surface area contributed by atoms with Crippen LogP contribution in [0.25, 0.3) is 0 Å². The number of anilines is 1. The Morgan fingerprint density at radius 3 is 2.67 bits per heavy atom. The Bertz CT molecular complexity index is 837. The van der Waals surface area contributed by atoms with Crippen molar-refractivity contribution in [3.63, 3.8) is 0 Å². The molecular weight excluding hydrogens is 324 g/mol. The second-order valence-electron chi connectivity index (χ2n) is 5.27. The molecule has 1 aromatic heterocycles. The minimum Gasteiger partial charge on any atom is -0.325 e. The van der Waals surface area contributed by atoms with Crippen molar-refractivity contribution < 1.29 is 4.79 Å². The summed E-state index contributed by atoms with van der Waals surface area (Å²) in [5.74, 6) is -0.186. The van der Waals surface area contributed by atoms with Gasteiger partial charge in [0.1, 0.15) is 11.6 Å². The van der Waals surface area contributed by atoms with Crippen molar-refractivity contribution in [2.45, 2.75) is 37.6 Å². The molecule has 0 saturated heterocycles. The first-order chi connectivity index (χ1) is 11.4. The molecule has 0 bridgehead atoms. The molecule has 2 aromatic rings. The topological polar surface area (TPSA) is 98.6 Å². The van der Waals surface area contributed by atoms with Crippen molar-refractivity contribution in [1.29, 1.82) is 5.26 Å². The largest absolute Gasteiger partial charge is 0.325 e. The van der Waals surface area contributed by atoms with Gasteiger partial charge >= 0.3 is 0 Å². The molecule has 0 spiro atoms. The van der Waals surface area contributed by atoms with Crippen molar-refractivity contribution >= 4 is 23.4 Å². The van der Waals surface area contributed by atoms with Crippen LogP contribution in [0.1, 0.15) is 30.7 Å². The molecule has 124 valence electrons. The highest BCUT2D eigenvalue weighted by molar-refractivity contribution is 8.00. The summed E-state index contributed by atoms with van der Waals surface area (Å²) in [4.78, 5) is 31.0. The van der Waals surface area contributed by atoms with Gasteiger partial charge in [0, 0.05) is 5.69 Å². The van der Waals surface area contributed by atoms with Gasteiger partial charge in [0.05, 0.1) is 10.9 Å². The Kier molecular flexibility index (Phi) is 5.77. The minimum absolute atomic E-state index is 0.0265. The van der Waals surface area contributed by atoms with E-state index in [-0.39, 0.29) is 11.5 Å². The van der Waals surface area contributed by atoms with Crippen LogP contribution in [-0.2, 0) is 11.2 Å². The quantitative estimate of drug-likeness (QED) is 0.643. The monoisotopic (exact) mass is 342 g/mol. The van der Waals surface area contributed by atoms with Gasteiger partial charge in [-0.2, -0.15) is 5.26 Å². The van der Waals surface area contributed by atoms with Crippen LogP contribution in [0, 0.1) is 18.3 Å². The molecule has 2 N–H and O–H groups in total. The molecule has 24 heavy (non-hydrogen) atoms. The van der Waals surface area contributed by atoms with Crippen LogP contribution in [-0.4, -0.2) is 21.1 Å². The normalized spacial score (nSPS) is 11.6. The average Bonchev–Trinajstić information content (AvgIpc) is 2.56. The van der Waals surface area contributed by atoms with Crippen molar-refractivity contribution in [2.24, 2.45) is 0 Å². The van der Waals surface area contributed by atoms with Gasteiger partial charge in [0.15, 0.2) is 5.16 Å². The number of rotatable bonds is 5. The van der Waals surface area contributed by atoms with E-state index in [0.717, 1.165) is 17.3 Å². The summed E-state index contributed by atoms with van der Waals surface area (Å²) in [6.45, 7) is 5.53. The first kappa shape index (κ1) is 17.8. The van der Waals surface area contributed by atoms with Crippen molar-refractivity contribution in [3.05, 3.63) is 51.4 Å². The molecule has 6 nitrogen and oxygen atoms in total. The highest BCUT2D eigenvalue weighted by Gasteiger charge is 2.18. The number of H-pyrrole nitrogens is 1. The first-order valence-electron chi connectivity index (χ1n) is 7.52. The zero-order valence-corrected chi connectivity index (χ0v) is 14.5. The maximum atomic E-state index is 12.3. The summed E-state index contributed by atoms with van der Waals surface area (Å²) in [7, 11) is 0. The fourth-order valence-electron chi connectivity index (χ4n) is 2.03. The highest BCUT2D eigenvalue weighted by atomic mass is 32.2. The number of hydrogen-bond donors (Lipinski definition) is 2. The Hall–Kier alpha value is -2.59. The van der Waals surface area contributed by atoms with Gasteiger partial charge in [0.2, 0.25) is 5.91 Å². The van der Waals surface area contributed by atoms with Gasteiger partial charge < -0.3 is 10.3 Å². The fourth-order valence-corrected chi connectivity index (χ4v) is 2.84. The van der Waals surface area contributed by atoms with Gasteiger partial charge in [0.25, 0.3) is 5.56 Å². The molecule has 0 aliphatic carbocycles.